The van der Waals surface area contributed by atoms with E-state index in [1.807, 2.05) is 24.4 Å². The molecule has 0 radical (unpaired) electrons. The summed E-state index contributed by atoms with van der Waals surface area (Å²) in [6, 6.07) is 6.04. The van der Waals surface area contributed by atoms with Gasteiger partial charge >= 0.3 is 0 Å². The normalized spacial score (nSPS) is 14.0. The van der Waals surface area contributed by atoms with E-state index in [2.05, 4.69) is 22.4 Å². The number of rotatable bonds is 5. The maximum Gasteiger partial charge on any atom is 0.161 e. The fourth-order valence-corrected chi connectivity index (χ4v) is 2.41. The molecule has 112 valence electrons. The molecule has 0 saturated heterocycles. The van der Waals surface area contributed by atoms with Gasteiger partial charge in [0.25, 0.3) is 0 Å². The lowest BCUT2D eigenvalue weighted by Gasteiger charge is -2.10. The molecule has 1 aliphatic heterocycles. The first kappa shape index (κ1) is 13.9. The van der Waals surface area contributed by atoms with Crippen LogP contribution in [0.5, 0.6) is 11.5 Å². The summed E-state index contributed by atoms with van der Waals surface area (Å²) in [4.78, 5) is 0. The predicted molar refractivity (Wildman–Crippen MR) is 81.6 cm³/mol. The maximum absolute atomic E-state index is 5.75. The molecule has 0 bridgehead atoms. The number of aromatic amines is 1. The monoisotopic (exact) mass is 287 g/mol. The molecule has 0 atom stereocenters. The minimum atomic E-state index is 0.699. The topological polar surface area (TPSA) is 59.2 Å². The average Bonchev–Trinajstić information content (AvgIpc) is 2.84. The highest BCUT2D eigenvalue weighted by atomic mass is 16.5. The van der Waals surface area contributed by atoms with Crippen molar-refractivity contribution < 1.29 is 9.47 Å². The molecule has 0 spiro atoms. The summed E-state index contributed by atoms with van der Waals surface area (Å²) in [5, 5.41) is 10.7. The Hall–Kier alpha value is -2.01. The van der Waals surface area contributed by atoms with E-state index in [9.17, 15) is 0 Å². The molecule has 0 saturated carbocycles. The first-order valence-electron chi connectivity index (χ1n) is 7.51. The Morgan fingerprint density at radius 2 is 2.10 bits per heavy atom. The van der Waals surface area contributed by atoms with Crippen molar-refractivity contribution in [3.05, 3.63) is 30.0 Å². The quantitative estimate of drug-likeness (QED) is 0.830. The van der Waals surface area contributed by atoms with Crippen molar-refractivity contribution in [2.24, 2.45) is 0 Å². The Morgan fingerprint density at radius 3 is 2.95 bits per heavy atom. The van der Waals surface area contributed by atoms with E-state index < -0.39 is 0 Å². The van der Waals surface area contributed by atoms with Crippen LogP contribution in [0.4, 0.5) is 0 Å². The Kier molecular flexibility index (Phi) is 4.40. The van der Waals surface area contributed by atoms with Gasteiger partial charge in [-0.1, -0.05) is 6.92 Å². The molecule has 0 unspecified atom stereocenters. The van der Waals surface area contributed by atoms with Gasteiger partial charge in [-0.15, -0.1) is 0 Å². The second-order valence-electron chi connectivity index (χ2n) is 5.16. The number of H-pyrrole nitrogens is 1. The van der Waals surface area contributed by atoms with Gasteiger partial charge in [0.1, 0.15) is 0 Å². The van der Waals surface area contributed by atoms with Crippen LogP contribution in [0.15, 0.2) is 24.4 Å². The summed E-state index contributed by atoms with van der Waals surface area (Å²) in [5.74, 6) is 1.63. The summed E-state index contributed by atoms with van der Waals surface area (Å²) < 4.78 is 11.4. The van der Waals surface area contributed by atoms with Gasteiger partial charge in [0.05, 0.1) is 25.1 Å². The van der Waals surface area contributed by atoms with Gasteiger partial charge in [0.15, 0.2) is 11.5 Å². The summed E-state index contributed by atoms with van der Waals surface area (Å²) >= 11 is 0. The molecule has 21 heavy (non-hydrogen) atoms. The van der Waals surface area contributed by atoms with Gasteiger partial charge in [-0.05, 0) is 31.2 Å². The molecule has 5 heteroatoms. The zero-order valence-electron chi connectivity index (χ0n) is 12.3. The molecule has 3 rings (SSSR count). The van der Waals surface area contributed by atoms with Crippen LogP contribution < -0.4 is 14.8 Å². The van der Waals surface area contributed by atoms with Gasteiger partial charge in [0.2, 0.25) is 0 Å². The molecular weight excluding hydrogens is 266 g/mol. The highest BCUT2D eigenvalue weighted by Gasteiger charge is 2.14. The van der Waals surface area contributed by atoms with E-state index in [-0.39, 0.29) is 0 Å². The number of nitrogens with zero attached hydrogens (tertiary/aromatic N) is 1. The molecule has 0 amide bonds. The number of ether oxygens (including phenoxy) is 2. The standard InChI is InChI=1S/C16H21N3O2/c1-2-6-17-10-13-11-18-19-16(13)12-4-5-14-15(9-12)21-8-3-7-20-14/h4-5,9,11,17H,2-3,6-8,10H2,1H3,(H,18,19). The number of benzene rings is 1. The largest absolute Gasteiger partial charge is 0.490 e. The molecule has 2 N–H and O–H groups in total. The van der Waals surface area contributed by atoms with E-state index in [1.54, 1.807) is 0 Å². The third-order valence-electron chi connectivity index (χ3n) is 3.50. The fourth-order valence-electron chi connectivity index (χ4n) is 2.41. The minimum absolute atomic E-state index is 0.699. The third-order valence-corrected chi connectivity index (χ3v) is 3.50. The summed E-state index contributed by atoms with van der Waals surface area (Å²) in [6.07, 6.45) is 3.92. The van der Waals surface area contributed by atoms with E-state index >= 15 is 0 Å². The fraction of sp³-hybridized carbons (Fsp3) is 0.438. The van der Waals surface area contributed by atoms with E-state index in [0.717, 1.165) is 54.3 Å². The molecule has 0 fully saturated rings. The average molecular weight is 287 g/mol. The number of hydrogen-bond acceptors (Lipinski definition) is 4. The van der Waals surface area contributed by atoms with Crippen molar-refractivity contribution in [3.63, 3.8) is 0 Å². The Morgan fingerprint density at radius 1 is 1.24 bits per heavy atom. The first-order chi connectivity index (χ1) is 10.4. The van der Waals surface area contributed by atoms with Crippen LogP contribution in [0.1, 0.15) is 25.3 Å². The predicted octanol–water partition coefficient (Wildman–Crippen LogP) is 2.74. The van der Waals surface area contributed by atoms with Crippen molar-refractivity contribution in [2.45, 2.75) is 26.3 Å². The van der Waals surface area contributed by atoms with Crippen molar-refractivity contribution in [3.8, 4) is 22.8 Å². The van der Waals surface area contributed by atoms with Crippen LogP contribution in [0.3, 0.4) is 0 Å². The number of aromatic nitrogens is 2. The number of fused-ring (bicyclic) bond motifs is 1. The van der Waals surface area contributed by atoms with E-state index in [4.69, 9.17) is 9.47 Å². The Balaban J connectivity index is 1.84. The zero-order chi connectivity index (χ0) is 14.5. The molecular formula is C16H21N3O2. The summed E-state index contributed by atoms with van der Waals surface area (Å²) in [7, 11) is 0. The van der Waals surface area contributed by atoms with Crippen LogP contribution in [0, 0.1) is 0 Å². The van der Waals surface area contributed by atoms with Crippen molar-refractivity contribution in [1.82, 2.24) is 15.5 Å². The molecule has 5 nitrogen and oxygen atoms in total. The molecule has 0 aliphatic carbocycles. The van der Waals surface area contributed by atoms with E-state index in [0.29, 0.717) is 13.2 Å². The van der Waals surface area contributed by atoms with Crippen LogP contribution >= 0.6 is 0 Å². The number of nitrogens with one attached hydrogen (secondary N) is 2. The zero-order valence-corrected chi connectivity index (χ0v) is 12.3. The van der Waals surface area contributed by atoms with Crippen molar-refractivity contribution in [2.75, 3.05) is 19.8 Å². The van der Waals surface area contributed by atoms with Gasteiger partial charge in [-0.25, -0.2) is 0 Å². The van der Waals surface area contributed by atoms with Gasteiger partial charge < -0.3 is 14.8 Å². The Bertz CT molecular complexity index is 595. The second-order valence-corrected chi connectivity index (χ2v) is 5.16. The van der Waals surface area contributed by atoms with Crippen LogP contribution in [0.25, 0.3) is 11.3 Å². The highest BCUT2D eigenvalue weighted by molar-refractivity contribution is 5.66. The van der Waals surface area contributed by atoms with Crippen molar-refractivity contribution in [1.29, 1.82) is 0 Å². The first-order valence-corrected chi connectivity index (χ1v) is 7.51. The lowest BCUT2D eigenvalue weighted by atomic mass is 10.1. The van der Waals surface area contributed by atoms with Crippen LogP contribution in [-0.2, 0) is 6.54 Å². The lowest BCUT2D eigenvalue weighted by Crippen LogP contribution is -2.13. The molecule has 2 heterocycles. The SMILES string of the molecule is CCCNCc1cn[nH]c1-c1ccc2c(c1)OCCCO2. The van der Waals surface area contributed by atoms with Gasteiger partial charge in [0, 0.05) is 24.1 Å². The summed E-state index contributed by atoms with van der Waals surface area (Å²) in [6.45, 7) is 5.39. The molecule has 1 aromatic carbocycles. The summed E-state index contributed by atoms with van der Waals surface area (Å²) in [5.41, 5.74) is 3.28. The van der Waals surface area contributed by atoms with Gasteiger partial charge in [-0.2, -0.15) is 5.10 Å². The molecule has 1 aliphatic rings. The van der Waals surface area contributed by atoms with Crippen molar-refractivity contribution >= 4 is 0 Å². The van der Waals surface area contributed by atoms with Crippen LogP contribution in [0.2, 0.25) is 0 Å². The molecule has 2 aromatic rings. The number of hydrogen-bond donors (Lipinski definition) is 2. The second kappa shape index (κ2) is 6.63. The Labute approximate surface area is 124 Å². The third kappa shape index (κ3) is 3.19. The minimum Gasteiger partial charge on any atom is -0.490 e. The van der Waals surface area contributed by atoms with E-state index in [1.165, 1.54) is 0 Å². The smallest absolute Gasteiger partial charge is 0.161 e. The lowest BCUT2D eigenvalue weighted by molar-refractivity contribution is 0.297. The maximum atomic E-state index is 5.75. The van der Waals surface area contributed by atoms with Gasteiger partial charge in [-0.3, -0.25) is 5.10 Å². The van der Waals surface area contributed by atoms with Crippen LogP contribution in [-0.4, -0.2) is 30.0 Å². The molecule has 1 aromatic heterocycles. The highest BCUT2D eigenvalue weighted by Crippen LogP contribution is 2.34.